The summed E-state index contributed by atoms with van der Waals surface area (Å²) in [6.45, 7) is 6.95. The van der Waals surface area contributed by atoms with Crippen LogP contribution in [0.2, 0.25) is 5.02 Å². The molecule has 1 aromatic carbocycles. The largest absolute Gasteiger partial charge is 0.480 e. The minimum absolute atomic E-state index is 0.319. The molecule has 0 saturated carbocycles. The van der Waals surface area contributed by atoms with Crippen LogP contribution < -0.4 is 9.64 Å². The van der Waals surface area contributed by atoms with Crippen LogP contribution in [0.25, 0.3) is 33.5 Å². The fourth-order valence-corrected chi connectivity index (χ4v) is 5.60. The van der Waals surface area contributed by atoms with Gasteiger partial charge in [0.05, 0.1) is 47.9 Å². The van der Waals surface area contributed by atoms with Crippen LogP contribution in [0.1, 0.15) is 31.9 Å². The van der Waals surface area contributed by atoms with Gasteiger partial charge >= 0.3 is 0 Å². The number of aromatic nitrogens is 6. The highest BCUT2D eigenvalue weighted by Crippen LogP contribution is 2.43. The average molecular weight is 480 g/mol. The highest BCUT2D eigenvalue weighted by Gasteiger charge is 2.41. The van der Waals surface area contributed by atoms with Crippen LogP contribution in [0.3, 0.4) is 0 Å². The van der Waals surface area contributed by atoms with Crippen LogP contribution in [-0.2, 0) is 4.74 Å². The molecule has 176 valence electrons. The molecule has 1 atom stereocenters. The molecule has 2 aliphatic heterocycles. The lowest BCUT2D eigenvalue weighted by Crippen LogP contribution is -2.41. The van der Waals surface area contributed by atoms with E-state index in [2.05, 4.69) is 32.0 Å². The van der Waals surface area contributed by atoms with E-state index in [4.69, 9.17) is 31.0 Å². The maximum absolute atomic E-state index is 6.75. The Morgan fingerprint density at radius 2 is 2.00 bits per heavy atom. The summed E-state index contributed by atoms with van der Waals surface area (Å²) in [5.74, 6) is 1.30. The Morgan fingerprint density at radius 3 is 2.74 bits per heavy atom. The number of nitrogens with one attached hydrogen (secondary N) is 1. The lowest BCUT2D eigenvalue weighted by atomic mass is 9.77. The molecule has 1 spiro atoms. The van der Waals surface area contributed by atoms with Crippen molar-refractivity contribution < 1.29 is 9.47 Å². The van der Waals surface area contributed by atoms with Gasteiger partial charge in [0, 0.05) is 18.7 Å². The Hall–Kier alpha value is -3.04. The fourth-order valence-electron chi connectivity index (χ4n) is 5.30. The van der Waals surface area contributed by atoms with Gasteiger partial charge in [-0.15, -0.1) is 0 Å². The minimum Gasteiger partial charge on any atom is -0.480 e. The van der Waals surface area contributed by atoms with E-state index in [-0.39, 0.29) is 0 Å². The summed E-state index contributed by atoms with van der Waals surface area (Å²) < 4.78 is 11.1. The number of aromatic amines is 1. The summed E-state index contributed by atoms with van der Waals surface area (Å²) in [6, 6.07) is 3.78. The smallest absolute Gasteiger partial charge is 0.232 e. The maximum Gasteiger partial charge on any atom is 0.232 e. The lowest BCUT2D eigenvalue weighted by molar-refractivity contribution is 0.0976. The molecule has 10 heteroatoms. The number of anilines is 1. The normalized spacial score (nSPS) is 20.0. The predicted molar refractivity (Wildman–Crippen MR) is 130 cm³/mol. The van der Waals surface area contributed by atoms with Crippen molar-refractivity contribution in [2.24, 2.45) is 5.41 Å². The van der Waals surface area contributed by atoms with Gasteiger partial charge < -0.3 is 14.4 Å². The number of nitrogens with zero attached hydrogens (tertiary/aromatic N) is 6. The van der Waals surface area contributed by atoms with Crippen LogP contribution in [0, 0.1) is 12.3 Å². The monoisotopic (exact) mass is 479 g/mol. The minimum atomic E-state index is 0.319. The van der Waals surface area contributed by atoms with Gasteiger partial charge in [-0.1, -0.05) is 11.6 Å². The molecule has 9 nitrogen and oxygen atoms in total. The molecule has 4 aromatic rings. The van der Waals surface area contributed by atoms with Crippen molar-refractivity contribution in [1.29, 1.82) is 0 Å². The number of H-pyrrole nitrogens is 1. The van der Waals surface area contributed by atoms with Gasteiger partial charge in [-0.05, 0) is 50.7 Å². The van der Waals surface area contributed by atoms with E-state index in [1.54, 1.807) is 13.3 Å². The summed E-state index contributed by atoms with van der Waals surface area (Å²) >= 11 is 6.75. The molecule has 0 unspecified atom stereocenters. The van der Waals surface area contributed by atoms with Crippen molar-refractivity contribution in [3.63, 3.8) is 0 Å². The number of aryl methyl sites for hydroxylation is 1. The van der Waals surface area contributed by atoms with E-state index in [0.29, 0.717) is 50.3 Å². The van der Waals surface area contributed by atoms with Gasteiger partial charge in [0.1, 0.15) is 11.0 Å². The van der Waals surface area contributed by atoms with Crippen LogP contribution in [0.5, 0.6) is 5.88 Å². The molecule has 0 bridgehead atoms. The third-order valence-electron chi connectivity index (χ3n) is 7.16. The summed E-state index contributed by atoms with van der Waals surface area (Å²) in [5.41, 5.74) is 5.16. The first-order chi connectivity index (χ1) is 16.5. The van der Waals surface area contributed by atoms with Crippen LogP contribution in [0.4, 0.5) is 5.82 Å². The van der Waals surface area contributed by atoms with Crippen LogP contribution in [-0.4, -0.2) is 63.0 Å². The number of ether oxygens (including phenoxy) is 2. The first kappa shape index (κ1) is 21.5. The lowest BCUT2D eigenvalue weighted by Gasteiger charge is -2.39. The molecular weight excluding hydrogens is 454 g/mol. The van der Waals surface area contributed by atoms with Gasteiger partial charge in [-0.3, -0.25) is 5.10 Å². The quantitative estimate of drug-likeness (QED) is 0.463. The molecule has 6 rings (SSSR count). The highest BCUT2D eigenvalue weighted by atomic mass is 35.5. The highest BCUT2D eigenvalue weighted by molar-refractivity contribution is 6.38. The standard InChI is InChI=1S/C24H26ClN7O2/c1-13-10-24(12-34-13)6-8-32(9-7-24)23-14(2)27-21-19(30-31-22(21)29-23)15-4-5-16-20(18(15)25)28-17(33-3)11-26-16/h4-5,11,13H,6-10,12H2,1-3H3,(H,29,30,31)/t13-/m0/s1. The zero-order valence-electron chi connectivity index (χ0n) is 19.4. The van der Waals surface area contributed by atoms with Gasteiger partial charge in [-0.25, -0.2) is 19.9 Å². The molecule has 2 saturated heterocycles. The molecular formula is C24H26ClN7O2. The fraction of sp³-hybridized carbons (Fsp3) is 0.458. The number of piperidine rings is 1. The number of halogens is 1. The second-order valence-corrected chi connectivity index (χ2v) is 9.80. The summed E-state index contributed by atoms with van der Waals surface area (Å²) in [4.78, 5) is 21.0. The van der Waals surface area contributed by atoms with E-state index in [1.807, 2.05) is 19.1 Å². The van der Waals surface area contributed by atoms with Gasteiger partial charge in [-0.2, -0.15) is 5.10 Å². The molecule has 5 heterocycles. The third kappa shape index (κ3) is 3.45. The van der Waals surface area contributed by atoms with Crippen molar-refractivity contribution in [3.8, 4) is 17.1 Å². The molecule has 2 fully saturated rings. The number of rotatable bonds is 3. The molecule has 2 aliphatic rings. The SMILES string of the molecule is COc1cnc2ccc(-c3[nH]nc4nc(N5CCC6(CC5)CO[C@@H](C)C6)c(C)nc34)c(Cl)c2n1. The van der Waals surface area contributed by atoms with E-state index in [1.165, 1.54) is 0 Å². The van der Waals surface area contributed by atoms with E-state index in [0.717, 1.165) is 56.0 Å². The van der Waals surface area contributed by atoms with E-state index >= 15 is 0 Å². The second-order valence-electron chi connectivity index (χ2n) is 9.42. The van der Waals surface area contributed by atoms with Crippen LogP contribution in [0.15, 0.2) is 18.3 Å². The van der Waals surface area contributed by atoms with Gasteiger partial charge in [0.15, 0.2) is 5.82 Å². The number of hydrogen-bond donors (Lipinski definition) is 1. The van der Waals surface area contributed by atoms with Crippen molar-refractivity contribution in [2.75, 3.05) is 31.7 Å². The number of benzene rings is 1. The Bertz CT molecular complexity index is 1400. The van der Waals surface area contributed by atoms with Crippen LogP contribution >= 0.6 is 11.6 Å². The molecule has 34 heavy (non-hydrogen) atoms. The van der Waals surface area contributed by atoms with Gasteiger partial charge in [0.25, 0.3) is 0 Å². The first-order valence-corrected chi connectivity index (χ1v) is 11.9. The molecule has 0 amide bonds. The number of hydrogen-bond acceptors (Lipinski definition) is 8. The summed E-state index contributed by atoms with van der Waals surface area (Å²) in [7, 11) is 1.55. The topological polar surface area (TPSA) is 102 Å². The Morgan fingerprint density at radius 1 is 1.18 bits per heavy atom. The average Bonchev–Trinajstić information content (AvgIpc) is 3.42. The second kappa shape index (κ2) is 8.02. The Kier molecular flexibility index (Phi) is 5.07. The molecule has 0 aliphatic carbocycles. The summed E-state index contributed by atoms with van der Waals surface area (Å²) in [5, 5.41) is 8.02. The van der Waals surface area contributed by atoms with E-state index < -0.39 is 0 Å². The van der Waals surface area contributed by atoms with Crippen molar-refractivity contribution in [2.45, 2.75) is 39.2 Å². The van der Waals surface area contributed by atoms with E-state index in [9.17, 15) is 0 Å². The van der Waals surface area contributed by atoms with Crippen molar-refractivity contribution >= 4 is 39.6 Å². The predicted octanol–water partition coefficient (Wildman–Crippen LogP) is 4.33. The first-order valence-electron chi connectivity index (χ1n) is 11.6. The Labute approximate surface area is 201 Å². The van der Waals surface area contributed by atoms with Crippen molar-refractivity contribution in [3.05, 3.63) is 29.0 Å². The number of methoxy groups -OCH3 is 1. The Balaban J connectivity index is 1.34. The summed E-state index contributed by atoms with van der Waals surface area (Å²) in [6.07, 6.45) is 5.30. The third-order valence-corrected chi connectivity index (χ3v) is 7.55. The maximum atomic E-state index is 6.75. The van der Waals surface area contributed by atoms with Crippen molar-refractivity contribution in [1.82, 2.24) is 30.1 Å². The molecule has 1 N–H and O–H groups in total. The zero-order chi connectivity index (χ0) is 23.4. The number of fused-ring (bicyclic) bond motifs is 2. The molecule has 0 radical (unpaired) electrons. The zero-order valence-corrected chi connectivity index (χ0v) is 20.2. The van der Waals surface area contributed by atoms with Gasteiger partial charge in [0.2, 0.25) is 11.5 Å². The molecule has 3 aromatic heterocycles.